The number of methoxy groups -OCH3 is 1. The maximum Gasteiger partial charge on any atom is 0.306 e. The fourth-order valence-corrected chi connectivity index (χ4v) is 1.57. The molecule has 14 heavy (non-hydrogen) atoms. The molecule has 0 aromatic heterocycles. The van der Waals surface area contributed by atoms with E-state index in [1.807, 2.05) is 0 Å². The number of esters is 2. The molecule has 82 valence electrons. The Hall–Kier alpha value is -0.710. The van der Waals surface area contributed by atoms with E-state index in [1.165, 1.54) is 7.11 Å². The molecule has 0 aliphatic carbocycles. The highest BCUT2D eigenvalue weighted by molar-refractivity contribution is 7.99. The molecule has 4 nitrogen and oxygen atoms in total. The van der Waals surface area contributed by atoms with Gasteiger partial charge in [-0.1, -0.05) is 0 Å². The number of carbonyl (C=O) groups is 2. The van der Waals surface area contributed by atoms with Crippen LogP contribution in [0.1, 0.15) is 19.8 Å². The predicted octanol–water partition coefficient (Wildman–Crippen LogP) is 1.24. The number of carbonyl (C=O) groups excluding carboxylic acids is 2. The van der Waals surface area contributed by atoms with E-state index >= 15 is 0 Å². The van der Waals surface area contributed by atoms with Crippen molar-refractivity contribution in [3.05, 3.63) is 0 Å². The van der Waals surface area contributed by atoms with Gasteiger partial charge in [-0.25, -0.2) is 0 Å². The Balaban J connectivity index is 3.21. The molecule has 0 fully saturated rings. The summed E-state index contributed by atoms with van der Waals surface area (Å²) in [7, 11) is 1.37. The van der Waals surface area contributed by atoms with Crippen LogP contribution in [-0.2, 0) is 19.1 Å². The molecule has 0 aromatic rings. The average Bonchev–Trinajstić information content (AvgIpc) is 2.17. The lowest BCUT2D eigenvalue weighted by molar-refractivity contribution is -0.142. The van der Waals surface area contributed by atoms with Crippen molar-refractivity contribution in [1.82, 2.24) is 0 Å². The molecule has 0 rings (SSSR count). The molecule has 0 radical (unpaired) electrons. The number of ether oxygens (including phenoxy) is 2. The topological polar surface area (TPSA) is 52.6 Å². The standard InChI is InChI=1S/C9H16O4S/c1-3-13-9(11)5-7-14-6-4-8(10)12-2/h3-7H2,1-2H3. The zero-order valence-electron chi connectivity index (χ0n) is 8.58. The normalized spacial score (nSPS) is 9.57. The first-order valence-electron chi connectivity index (χ1n) is 4.50. The third-order valence-corrected chi connectivity index (χ3v) is 2.42. The molecule has 5 heteroatoms. The van der Waals surface area contributed by atoms with Crippen LogP contribution in [0.4, 0.5) is 0 Å². The fraction of sp³-hybridized carbons (Fsp3) is 0.778. The Labute approximate surface area is 88.3 Å². The second kappa shape index (κ2) is 8.87. The van der Waals surface area contributed by atoms with Crippen molar-refractivity contribution in [2.45, 2.75) is 19.8 Å². The van der Waals surface area contributed by atoms with Gasteiger partial charge in [0, 0.05) is 11.5 Å². The maximum absolute atomic E-state index is 10.9. The van der Waals surface area contributed by atoms with Crippen molar-refractivity contribution in [3.63, 3.8) is 0 Å². The molecule has 0 saturated heterocycles. The van der Waals surface area contributed by atoms with E-state index in [2.05, 4.69) is 4.74 Å². The van der Waals surface area contributed by atoms with Gasteiger partial charge in [-0.05, 0) is 6.92 Å². The fourth-order valence-electron chi connectivity index (χ4n) is 0.748. The smallest absolute Gasteiger partial charge is 0.306 e. The molecule has 0 bridgehead atoms. The van der Waals surface area contributed by atoms with Crippen LogP contribution < -0.4 is 0 Å². The molecule has 0 N–H and O–H groups in total. The lowest BCUT2D eigenvalue weighted by Gasteiger charge is -2.01. The first-order chi connectivity index (χ1) is 6.70. The second-order valence-electron chi connectivity index (χ2n) is 2.49. The highest BCUT2D eigenvalue weighted by atomic mass is 32.2. The van der Waals surface area contributed by atoms with E-state index in [1.54, 1.807) is 18.7 Å². The molecule has 0 aliphatic rings. The summed E-state index contributed by atoms with van der Waals surface area (Å²) >= 11 is 1.55. The molecular formula is C9H16O4S. The molecule has 0 spiro atoms. The summed E-state index contributed by atoms with van der Waals surface area (Å²) in [5.41, 5.74) is 0. The highest BCUT2D eigenvalue weighted by Crippen LogP contribution is 2.05. The SMILES string of the molecule is CCOC(=O)CCSCCC(=O)OC. The van der Waals surface area contributed by atoms with E-state index < -0.39 is 0 Å². The van der Waals surface area contributed by atoms with Crippen molar-refractivity contribution in [2.24, 2.45) is 0 Å². The van der Waals surface area contributed by atoms with Crippen LogP contribution in [0, 0.1) is 0 Å². The molecule has 0 amide bonds. The number of rotatable bonds is 7. The van der Waals surface area contributed by atoms with Gasteiger partial charge in [0.2, 0.25) is 0 Å². The van der Waals surface area contributed by atoms with E-state index in [0.717, 1.165) is 0 Å². The Morgan fingerprint density at radius 2 is 1.71 bits per heavy atom. The number of hydrogen-bond donors (Lipinski definition) is 0. The van der Waals surface area contributed by atoms with Gasteiger partial charge in [0.05, 0.1) is 26.6 Å². The molecule has 0 aliphatic heterocycles. The summed E-state index contributed by atoms with van der Waals surface area (Å²) in [6.07, 6.45) is 0.795. The van der Waals surface area contributed by atoms with Crippen LogP contribution in [-0.4, -0.2) is 37.2 Å². The molecule has 0 unspecified atom stereocenters. The Morgan fingerprint density at radius 3 is 2.21 bits per heavy atom. The van der Waals surface area contributed by atoms with Crippen molar-refractivity contribution in [1.29, 1.82) is 0 Å². The summed E-state index contributed by atoms with van der Waals surface area (Å²) < 4.78 is 9.22. The van der Waals surface area contributed by atoms with E-state index in [-0.39, 0.29) is 11.9 Å². The summed E-state index contributed by atoms with van der Waals surface area (Å²) in [5.74, 6) is 0.980. The second-order valence-corrected chi connectivity index (χ2v) is 3.72. The third-order valence-electron chi connectivity index (χ3n) is 1.43. The van der Waals surface area contributed by atoms with Gasteiger partial charge in [0.15, 0.2) is 0 Å². The zero-order chi connectivity index (χ0) is 10.8. The molecule has 0 atom stereocenters. The first kappa shape index (κ1) is 13.3. The third kappa shape index (κ3) is 7.91. The molecule has 0 aromatic carbocycles. The van der Waals surface area contributed by atoms with E-state index in [9.17, 15) is 9.59 Å². The quantitative estimate of drug-likeness (QED) is 0.477. The van der Waals surface area contributed by atoms with Gasteiger partial charge in [0.1, 0.15) is 0 Å². The van der Waals surface area contributed by atoms with Crippen LogP contribution in [0.5, 0.6) is 0 Å². The first-order valence-corrected chi connectivity index (χ1v) is 5.66. The van der Waals surface area contributed by atoms with E-state index in [4.69, 9.17) is 4.74 Å². The molecule has 0 saturated carbocycles. The molecular weight excluding hydrogens is 204 g/mol. The van der Waals surface area contributed by atoms with Gasteiger partial charge in [0.25, 0.3) is 0 Å². The predicted molar refractivity (Wildman–Crippen MR) is 55.2 cm³/mol. The van der Waals surface area contributed by atoms with Crippen LogP contribution in [0.3, 0.4) is 0 Å². The van der Waals surface area contributed by atoms with Crippen LogP contribution in [0.15, 0.2) is 0 Å². The summed E-state index contributed by atoms with van der Waals surface area (Å²) in [6.45, 7) is 2.20. The van der Waals surface area contributed by atoms with Gasteiger partial charge in [-0.3, -0.25) is 9.59 Å². The largest absolute Gasteiger partial charge is 0.469 e. The van der Waals surface area contributed by atoms with Crippen molar-refractivity contribution >= 4 is 23.7 Å². The number of hydrogen-bond acceptors (Lipinski definition) is 5. The van der Waals surface area contributed by atoms with Crippen LogP contribution in [0.2, 0.25) is 0 Å². The lowest BCUT2D eigenvalue weighted by atomic mass is 10.5. The average molecular weight is 220 g/mol. The Kier molecular flexibility index (Phi) is 8.42. The zero-order valence-corrected chi connectivity index (χ0v) is 9.39. The highest BCUT2D eigenvalue weighted by Gasteiger charge is 2.03. The van der Waals surface area contributed by atoms with Gasteiger partial charge < -0.3 is 9.47 Å². The van der Waals surface area contributed by atoms with E-state index in [0.29, 0.717) is 31.0 Å². The minimum Gasteiger partial charge on any atom is -0.469 e. The summed E-state index contributed by atoms with van der Waals surface area (Å²) in [6, 6.07) is 0. The van der Waals surface area contributed by atoms with Gasteiger partial charge in [-0.2, -0.15) is 11.8 Å². The monoisotopic (exact) mass is 220 g/mol. The Bertz CT molecular complexity index is 182. The van der Waals surface area contributed by atoms with Gasteiger partial charge in [-0.15, -0.1) is 0 Å². The Morgan fingerprint density at radius 1 is 1.14 bits per heavy atom. The van der Waals surface area contributed by atoms with Crippen LogP contribution >= 0.6 is 11.8 Å². The summed E-state index contributed by atoms with van der Waals surface area (Å²) in [4.78, 5) is 21.6. The van der Waals surface area contributed by atoms with Crippen molar-refractivity contribution < 1.29 is 19.1 Å². The number of thioether (sulfide) groups is 1. The van der Waals surface area contributed by atoms with Crippen LogP contribution in [0.25, 0.3) is 0 Å². The maximum atomic E-state index is 10.9. The van der Waals surface area contributed by atoms with Crippen molar-refractivity contribution in [2.75, 3.05) is 25.2 Å². The van der Waals surface area contributed by atoms with Crippen molar-refractivity contribution in [3.8, 4) is 0 Å². The lowest BCUT2D eigenvalue weighted by Crippen LogP contribution is -2.06. The minimum absolute atomic E-state index is 0.182. The van der Waals surface area contributed by atoms with Gasteiger partial charge >= 0.3 is 11.9 Å². The minimum atomic E-state index is -0.214. The summed E-state index contributed by atoms with van der Waals surface area (Å²) in [5, 5.41) is 0. The molecule has 0 heterocycles.